The lowest BCUT2D eigenvalue weighted by molar-refractivity contribution is -0.337. The summed E-state index contributed by atoms with van der Waals surface area (Å²) >= 11 is 0. The van der Waals surface area contributed by atoms with Crippen LogP contribution in [0.5, 0.6) is 0 Å². The van der Waals surface area contributed by atoms with Crippen LogP contribution in [0.3, 0.4) is 0 Å². The number of rotatable bonds is 7. The number of hydrogen-bond acceptors (Lipinski definition) is 4. The zero-order chi connectivity index (χ0) is 16.1. The van der Waals surface area contributed by atoms with Crippen molar-refractivity contribution in [3.8, 4) is 0 Å². The Bertz CT molecular complexity index is 395. The molecule has 1 aliphatic heterocycles. The zero-order valence-electron chi connectivity index (χ0n) is 13.3. The van der Waals surface area contributed by atoms with Crippen LogP contribution >= 0.6 is 0 Å². The molecule has 4 nitrogen and oxygen atoms in total. The number of hydrogen-bond donors (Lipinski definition) is 0. The molecule has 1 fully saturated rings. The minimum absolute atomic E-state index is 0.00542. The molecule has 0 amide bonds. The van der Waals surface area contributed by atoms with E-state index in [1.165, 1.54) is 0 Å². The summed E-state index contributed by atoms with van der Waals surface area (Å²) in [5.74, 6) is -1.50. The lowest BCUT2D eigenvalue weighted by Gasteiger charge is -2.50. The van der Waals surface area contributed by atoms with E-state index >= 15 is 0 Å². The van der Waals surface area contributed by atoms with Gasteiger partial charge in [0.2, 0.25) is 0 Å². The van der Waals surface area contributed by atoms with Crippen LogP contribution in [0.15, 0.2) is 38.0 Å². The summed E-state index contributed by atoms with van der Waals surface area (Å²) in [4.78, 5) is 12.0. The van der Waals surface area contributed by atoms with Crippen LogP contribution in [-0.2, 0) is 19.0 Å². The normalized spacial score (nSPS) is 29.5. The summed E-state index contributed by atoms with van der Waals surface area (Å²) in [5, 5.41) is 0. The summed E-state index contributed by atoms with van der Waals surface area (Å²) in [5.41, 5.74) is -0.581. The van der Waals surface area contributed by atoms with E-state index in [0.717, 1.165) is 0 Å². The van der Waals surface area contributed by atoms with Crippen molar-refractivity contribution in [2.75, 3.05) is 6.61 Å². The summed E-state index contributed by atoms with van der Waals surface area (Å²) in [7, 11) is 0. The Morgan fingerprint density at radius 1 is 1.29 bits per heavy atom. The van der Waals surface area contributed by atoms with Crippen molar-refractivity contribution < 1.29 is 19.0 Å². The Hall–Kier alpha value is -1.39. The highest BCUT2D eigenvalue weighted by atomic mass is 16.7. The van der Waals surface area contributed by atoms with Crippen molar-refractivity contribution in [3.05, 3.63) is 38.0 Å². The molecule has 0 saturated carbocycles. The van der Waals surface area contributed by atoms with Crippen LogP contribution in [0.1, 0.15) is 33.6 Å². The molecule has 4 heteroatoms. The molecule has 0 bridgehead atoms. The maximum absolute atomic E-state index is 12.0. The Morgan fingerprint density at radius 2 is 1.81 bits per heavy atom. The van der Waals surface area contributed by atoms with Gasteiger partial charge in [0.25, 0.3) is 0 Å². The lowest BCUT2D eigenvalue weighted by Crippen LogP contribution is -2.57. The monoisotopic (exact) mass is 294 g/mol. The van der Waals surface area contributed by atoms with Crippen LogP contribution in [0.25, 0.3) is 0 Å². The molecule has 0 spiro atoms. The predicted molar refractivity (Wildman–Crippen MR) is 82.7 cm³/mol. The molecule has 0 N–H and O–H groups in total. The van der Waals surface area contributed by atoms with Gasteiger partial charge in [-0.15, -0.1) is 19.7 Å². The van der Waals surface area contributed by atoms with Gasteiger partial charge >= 0.3 is 5.97 Å². The molecule has 0 aliphatic carbocycles. The Morgan fingerprint density at radius 3 is 2.19 bits per heavy atom. The smallest absolute Gasteiger partial charge is 0.311 e. The second-order valence-corrected chi connectivity index (χ2v) is 5.68. The van der Waals surface area contributed by atoms with Crippen LogP contribution in [0.4, 0.5) is 0 Å². The third-order valence-corrected chi connectivity index (χ3v) is 3.85. The maximum Gasteiger partial charge on any atom is 0.311 e. The quantitative estimate of drug-likeness (QED) is 0.533. The van der Waals surface area contributed by atoms with Gasteiger partial charge in [0.05, 0.1) is 18.8 Å². The first-order valence-electron chi connectivity index (χ1n) is 7.24. The molecule has 0 aromatic carbocycles. The first kappa shape index (κ1) is 17.7. The third kappa shape index (κ3) is 3.83. The van der Waals surface area contributed by atoms with Gasteiger partial charge in [-0.2, -0.15) is 0 Å². The molecule has 0 aromatic heterocycles. The summed E-state index contributed by atoms with van der Waals surface area (Å²) in [6, 6.07) is 0. The van der Waals surface area contributed by atoms with Crippen molar-refractivity contribution >= 4 is 5.97 Å². The van der Waals surface area contributed by atoms with E-state index in [4.69, 9.17) is 14.2 Å². The topological polar surface area (TPSA) is 44.8 Å². The average Bonchev–Trinajstić information content (AvgIpc) is 2.46. The highest BCUT2D eigenvalue weighted by molar-refractivity contribution is 5.70. The summed E-state index contributed by atoms with van der Waals surface area (Å²) in [6.45, 7) is 17.3. The minimum Gasteiger partial charge on any atom is -0.466 e. The number of esters is 1. The van der Waals surface area contributed by atoms with Gasteiger partial charge in [0, 0.05) is 11.8 Å². The molecule has 118 valence electrons. The molecular weight excluding hydrogens is 268 g/mol. The van der Waals surface area contributed by atoms with E-state index in [-0.39, 0.29) is 24.6 Å². The Kier molecular flexibility index (Phi) is 5.93. The minimum atomic E-state index is -1.14. The van der Waals surface area contributed by atoms with Gasteiger partial charge in [-0.3, -0.25) is 4.79 Å². The van der Waals surface area contributed by atoms with Crippen LogP contribution < -0.4 is 0 Å². The Labute approximate surface area is 127 Å². The first-order valence-corrected chi connectivity index (χ1v) is 7.24. The van der Waals surface area contributed by atoms with Crippen molar-refractivity contribution in [2.24, 2.45) is 5.41 Å². The van der Waals surface area contributed by atoms with Crippen LogP contribution in [-0.4, -0.2) is 30.6 Å². The van der Waals surface area contributed by atoms with Gasteiger partial charge in [0.15, 0.2) is 5.79 Å². The predicted octanol–water partition coefficient (Wildman–Crippen LogP) is 3.39. The fraction of sp³-hybridized carbons (Fsp3) is 0.588. The third-order valence-electron chi connectivity index (χ3n) is 3.85. The van der Waals surface area contributed by atoms with Crippen LogP contribution in [0.2, 0.25) is 0 Å². The molecular formula is C17H26O4. The fourth-order valence-electron chi connectivity index (χ4n) is 2.30. The van der Waals surface area contributed by atoms with E-state index in [0.29, 0.717) is 13.0 Å². The zero-order valence-corrected chi connectivity index (χ0v) is 13.3. The van der Waals surface area contributed by atoms with E-state index < -0.39 is 11.2 Å². The largest absolute Gasteiger partial charge is 0.466 e. The molecule has 0 radical (unpaired) electrons. The van der Waals surface area contributed by atoms with E-state index in [1.54, 1.807) is 25.2 Å². The van der Waals surface area contributed by atoms with Crippen molar-refractivity contribution in [3.63, 3.8) is 0 Å². The number of carbonyl (C=O) groups excluding carboxylic acids is 1. The Balaban J connectivity index is 3.16. The van der Waals surface area contributed by atoms with Crippen molar-refractivity contribution in [2.45, 2.75) is 51.6 Å². The SMILES string of the molecule is C=C[C@H]1C[C@H](C=C)OC(CC(=O)OCC)(C(C)(C)C=C)O1. The average molecular weight is 294 g/mol. The second kappa shape index (κ2) is 7.05. The lowest BCUT2D eigenvalue weighted by atomic mass is 9.80. The van der Waals surface area contributed by atoms with E-state index in [1.807, 2.05) is 13.8 Å². The van der Waals surface area contributed by atoms with Gasteiger partial charge in [0.1, 0.15) is 6.42 Å². The summed E-state index contributed by atoms with van der Waals surface area (Å²) < 4.78 is 17.2. The molecule has 0 unspecified atom stereocenters. The van der Waals surface area contributed by atoms with Crippen molar-refractivity contribution in [1.82, 2.24) is 0 Å². The van der Waals surface area contributed by atoms with Crippen molar-refractivity contribution in [1.29, 1.82) is 0 Å². The van der Waals surface area contributed by atoms with Crippen LogP contribution in [0, 0.1) is 5.41 Å². The summed E-state index contributed by atoms with van der Waals surface area (Å²) in [6.07, 6.45) is 5.37. The van der Waals surface area contributed by atoms with E-state index in [2.05, 4.69) is 19.7 Å². The first-order chi connectivity index (χ1) is 9.84. The highest BCUT2D eigenvalue weighted by Gasteiger charge is 2.52. The highest BCUT2D eigenvalue weighted by Crippen LogP contribution is 2.45. The van der Waals surface area contributed by atoms with Gasteiger partial charge in [-0.25, -0.2) is 0 Å². The molecule has 2 atom stereocenters. The number of carbonyl (C=O) groups is 1. The van der Waals surface area contributed by atoms with E-state index in [9.17, 15) is 4.79 Å². The van der Waals surface area contributed by atoms with Gasteiger partial charge in [-0.05, 0) is 6.92 Å². The molecule has 0 aromatic rings. The second-order valence-electron chi connectivity index (χ2n) is 5.68. The number of ether oxygens (including phenoxy) is 3. The molecule has 21 heavy (non-hydrogen) atoms. The van der Waals surface area contributed by atoms with Gasteiger partial charge in [-0.1, -0.05) is 32.1 Å². The molecule has 1 aliphatic rings. The molecule has 1 saturated heterocycles. The standard InChI is InChI=1S/C17H26O4/c1-7-13-11-14(8-2)21-17(20-13,16(5,6)9-3)12-15(18)19-10-4/h7-9,13-14H,1-3,10-12H2,4-6H3/t13-,14-/m0/s1. The fourth-order valence-corrected chi connectivity index (χ4v) is 2.30. The molecule has 1 heterocycles. The van der Waals surface area contributed by atoms with Gasteiger partial charge < -0.3 is 14.2 Å². The molecule has 1 rings (SSSR count). The maximum atomic E-state index is 12.0.